The highest BCUT2D eigenvalue weighted by molar-refractivity contribution is 5.38. The number of ether oxygens (including phenoxy) is 1. The highest BCUT2D eigenvalue weighted by Crippen LogP contribution is 2.19. The molecule has 1 saturated heterocycles. The molecular weight excluding hydrogens is 270 g/mol. The molecule has 0 spiro atoms. The minimum atomic E-state index is 0.210. The molecule has 0 amide bonds. The van der Waals surface area contributed by atoms with Gasteiger partial charge in [-0.05, 0) is 19.8 Å². The Morgan fingerprint density at radius 3 is 2.95 bits per heavy atom. The van der Waals surface area contributed by atoms with Gasteiger partial charge in [0, 0.05) is 32.1 Å². The lowest BCUT2D eigenvalue weighted by molar-refractivity contribution is 0.0523. The second kappa shape index (κ2) is 6.04. The maximum atomic E-state index is 5.81. The molecule has 2 aromatic heterocycles. The lowest BCUT2D eigenvalue weighted by atomic mass is 10.1. The summed E-state index contributed by atoms with van der Waals surface area (Å²) in [4.78, 5) is 19.0. The van der Waals surface area contributed by atoms with Crippen LogP contribution in [0.3, 0.4) is 0 Å². The Kier molecular flexibility index (Phi) is 3.96. The van der Waals surface area contributed by atoms with Gasteiger partial charge < -0.3 is 15.4 Å². The Morgan fingerprint density at radius 2 is 2.19 bits per heavy atom. The summed E-state index contributed by atoms with van der Waals surface area (Å²) in [6.45, 7) is 4.41. The van der Waals surface area contributed by atoms with E-state index >= 15 is 0 Å². The second-order valence-corrected chi connectivity index (χ2v) is 4.93. The average molecular weight is 289 g/mol. The van der Waals surface area contributed by atoms with Gasteiger partial charge >= 0.3 is 0 Å². The first-order chi connectivity index (χ1) is 10.3. The van der Waals surface area contributed by atoms with Crippen molar-refractivity contribution in [2.24, 2.45) is 0 Å². The van der Waals surface area contributed by atoms with Crippen LogP contribution in [0.5, 0.6) is 0 Å². The molecule has 3 heterocycles. The molecular formula is C13H19N7O. The monoisotopic (exact) mass is 289 g/mol. The van der Waals surface area contributed by atoms with Gasteiger partial charge in [0.25, 0.3) is 0 Å². The van der Waals surface area contributed by atoms with Crippen LogP contribution in [0.15, 0.2) is 18.7 Å². The van der Waals surface area contributed by atoms with Crippen LogP contribution in [0.25, 0.3) is 5.95 Å². The average Bonchev–Trinajstić information content (AvgIpc) is 3.01. The van der Waals surface area contributed by atoms with E-state index < -0.39 is 0 Å². The van der Waals surface area contributed by atoms with Gasteiger partial charge in [-0.15, -0.1) is 0 Å². The minimum Gasteiger partial charge on any atom is -0.377 e. The number of piperidine rings is 1. The Bertz CT molecular complexity index is 584. The smallest absolute Gasteiger partial charge is 0.241 e. The van der Waals surface area contributed by atoms with Crippen LogP contribution in [0, 0.1) is 0 Å². The van der Waals surface area contributed by atoms with Crippen molar-refractivity contribution in [1.82, 2.24) is 24.5 Å². The number of hydrogen-bond donors (Lipinski definition) is 1. The number of nitrogen functional groups attached to an aromatic ring is 1. The molecule has 0 saturated carbocycles. The molecule has 21 heavy (non-hydrogen) atoms. The van der Waals surface area contributed by atoms with Crippen LogP contribution in [0.2, 0.25) is 0 Å². The van der Waals surface area contributed by atoms with E-state index in [0.717, 1.165) is 32.5 Å². The molecule has 1 fully saturated rings. The molecule has 1 aliphatic rings. The molecule has 3 rings (SSSR count). The normalized spacial score (nSPS) is 18.9. The maximum absolute atomic E-state index is 5.81. The number of aromatic nitrogens is 5. The highest BCUT2D eigenvalue weighted by Gasteiger charge is 2.23. The van der Waals surface area contributed by atoms with Crippen LogP contribution in [0.1, 0.15) is 19.8 Å². The van der Waals surface area contributed by atoms with Gasteiger partial charge in [-0.25, -0.2) is 4.98 Å². The molecule has 8 nitrogen and oxygen atoms in total. The Labute approximate surface area is 123 Å². The zero-order valence-corrected chi connectivity index (χ0v) is 12.0. The summed E-state index contributed by atoms with van der Waals surface area (Å²) in [6, 6.07) is 0. The third kappa shape index (κ3) is 3.10. The van der Waals surface area contributed by atoms with E-state index in [9.17, 15) is 0 Å². The van der Waals surface area contributed by atoms with Crippen molar-refractivity contribution >= 4 is 11.9 Å². The minimum absolute atomic E-state index is 0.210. The van der Waals surface area contributed by atoms with Crippen molar-refractivity contribution in [2.75, 3.05) is 30.3 Å². The molecule has 1 unspecified atom stereocenters. The van der Waals surface area contributed by atoms with Crippen molar-refractivity contribution in [3.05, 3.63) is 18.7 Å². The lowest BCUT2D eigenvalue weighted by Crippen LogP contribution is -2.40. The summed E-state index contributed by atoms with van der Waals surface area (Å²) in [5.74, 6) is 1.28. The molecule has 1 atom stereocenters. The molecule has 0 aromatic carbocycles. The first kappa shape index (κ1) is 13.7. The summed E-state index contributed by atoms with van der Waals surface area (Å²) in [5.41, 5.74) is 5.81. The van der Waals surface area contributed by atoms with E-state index in [2.05, 4.69) is 24.8 Å². The van der Waals surface area contributed by atoms with E-state index in [0.29, 0.717) is 11.9 Å². The molecule has 0 bridgehead atoms. The second-order valence-electron chi connectivity index (χ2n) is 4.93. The fraction of sp³-hybridized carbons (Fsp3) is 0.538. The quantitative estimate of drug-likeness (QED) is 0.882. The summed E-state index contributed by atoms with van der Waals surface area (Å²) >= 11 is 0. The Balaban J connectivity index is 1.84. The van der Waals surface area contributed by atoms with Gasteiger partial charge in [0.1, 0.15) is 6.33 Å². The van der Waals surface area contributed by atoms with E-state index in [1.807, 2.05) is 6.92 Å². The van der Waals surface area contributed by atoms with Gasteiger partial charge in [-0.1, -0.05) is 0 Å². The van der Waals surface area contributed by atoms with Gasteiger partial charge in [0.2, 0.25) is 17.8 Å². The summed E-state index contributed by atoms with van der Waals surface area (Å²) in [7, 11) is 0. The topological polar surface area (TPSA) is 95.0 Å². The third-order valence-electron chi connectivity index (χ3n) is 3.43. The van der Waals surface area contributed by atoms with Crippen molar-refractivity contribution in [3.63, 3.8) is 0 Å². The van der Waals surface area contributed by atoms with Crippen LogP contribution >= 0.6 is 0 Å². The van der Waals surface area contributed by atoms with Crippen molar-refractivity contribution in [3.8, 4) is 5.95 Å². The highest BCUT2D eigenvalue weighted by atomic mass is 16.5. The van der Waals surface area contributed by atoms with E-state index in [4.69, 9.17) is 10.5 Å². The summed E-state index contributed by atoms with van der Waals surface area (Å²) in [6.07, 6.45) is 7.43. The molecule has 1 aliphatic heterocycles. The molecule has 2 aromatic rings. The molecule has 112 valence electrons. The lowest BCUT2D eigenvalue weighted by Gasteiger charge is -2.32. The number of hydrogen-bond acceptors (Lipinski definition) is 7. The van der Waals surface area contributed by atoms with Gasteiger partial charge in [0.15, 0.2) is 0 Å². The molecule has 0 radical (unpaired) electrons. The first-order valence-corrected chi connectivity index (χ1v) is 7.12. The fourth-order valence-corrected chi connectivity index (χ4v) is 2.50. The number of rotatable bonds is 4. The fourth-order valence-electron chi connectivity index (χ4n) is 2.50. The van der Waals surface area contributed by atoms with Crippen LogP contribution in [-0.4, -0.2) is 50.3 Å². The van der Waals surface area contributed by atoms with E-state index in [1.165, 1.54) is 0 Å². The van der Waals surface area contributed by atoms with Crippen LogP contribution in [0.4, 0.5) is 11.9 Å². The maximum Gasteiger partial charge on any atom is 0.241 e. The standard InChI is InChI=1S/C13H19N7O/c1-2-21-10-4-3-6-19(8-10)12-16-11(14)17-13(18-12)20-7-5-15-9-20/h5,7,9-10H,2-4,6,8H2,1H3,(H2,14,16,17,18). The summed E-state index contributed by atoms with van der Waals surface area (Å²) in [5, 5.41) is 0. The predicted molar refractivity (Wildman–Crippen MR) is 78.2 cm³/mol. The van der Waals surface area contributed by atoms with Crippen LogP contribution < -0.4 is 10.6 Å². The first-order valence-electron chi connectivity index (χ1n) is 7.12. The predicted octanol–water partition coefficient (Wildman–Crippen LogP) is 0.645. The number of imidazole rings is 1. The van der Waals surface area contributed by atoms with Crippen molar-refractivity contribution in [1.29, 1.82) is 0 Å². The summed E-state index contributed by atoms with van der Waals surface area (Å²) < 4.78 is 7.42. The third-order valence-corrected chi connectivity index (χ3v) is 3.43. The van der Waals surface area contributed by atoms with Gasteiger partial charge in [-0.2, -0.15) is 15.0 Å². The largest absolute Gasteiger partial charge is 0.377 e. The van der Waals surface area contributed by atoms with Crippen molar-refractivity contribution in [2.45, 2.75) is 25.9 Å². The molecule has 0 aliphatic carbocycles. The SMILES string of the molecule is CCOC1CCCN(c2nc(N)nc(-n3ccnc3)n2)C1. The van der Waals surface area contributed by atoms with E-state index in [-0.39, 0.29) is 12.1 Å². The zero-order chi connectivity index (χ0) is 14.7. The van der Waals surface area contributed by atoms with Crippen LogP contribution in [-0.2, 0) is 4.74 Å². The Morgan fingerprint density at radius 1 is 1.33 bits per heavy atom. The number of nitrogens with two attached hydrogens (primary N) is 1. The number of anilines is 2. The van der Waals surface area contributed by atoms with Gasteiger partial charge in [-0.3, -0.25) is 4.57 Å². The van der Waals surface area contributed by atoms with E-state index in [1.54, 1.807) is 23.3 Å². The number of nitrogens with zero attached hydrogens (tertiary/aromatic N) is 6. The zero-order valence-electron chi connectivity index (χ0n) is 12.0. The Hall–Kier alpha value is -2.22. The molecule has 8 heteroatoms. The van der Waals surface area contributed by atoms with Gasteiger partial charge in [0.05, 0.1) is 6.10 Å². The van der Waals surface area contributed by atoms with Crippen molar-refractivity contribution < 1.29 is 4.74 Å². The molecule has 2 N–H and O–H groups in total.